The number of benzene rings is 1. The summed E-state index contributed by atoms with van der Waals surface area (Å²) in [5.41, 5.74) is 2.12. The number of nitriles is 1. The third kappa shape index (κ3) is 2.47. The van der Waals surface area contributed by atoms with Gasteiger partial charge in [-0.15, -0.1) is 0 Å². The van der Waals surface area contributed by atoms with Crippen molar-refractivity contribution in [2.45, 2.75) is 6.92 Å². The molecule has 2 rings (SSSR count). The fourth-order valence-corrected chi connectivity index (χ4v) is 1.75. The van der Waals surface area contributed by atoms with Gasteiger partial charge in [-0.05, 0) is 24.6 Å². The lowest BCUT2D eigenvalue weighted by molar-refractivity contribution is 0.401. The Morgan fingerprint density at radius 1 is 1.05 bits per heavy atom. The highest BCUT2D eigenvalue weighted by atomic mass is 16.5. The van der Waals surface area contributed by atoms with E-state index in [9.17, 15) is 0 Å². The summed E-state index contributed by atoms with van der Waals surface area (Å²) in [5, 5.41) is 8.74. The Kier molecular flexibility index (Phi) is 3.62. The molecule has 1 aromatic heterocycles. The topological polar surface area (TPSA) is 68.0 Å². The Balaban J connectivity index is 2.56. The van der Waals surface area contributed by atoms with E-state index in [1.165, 1.54) is 12.4 Å². The second-order valence-corrected chi connectivity index (χ2v) is 3.93. The van der Waals surface area contributed by atoms with Gasteiger partial charge >= 0.3 is 0 Å². The van der Waals surface area contributed by atoms with E-state index < -0.39 is 0 Å². The van der Waals surface area contributed by atoms with Crippen molar-refractivity contribution in [1.29, 1.82) is 5.26 Å². The van der Waals surface area contributed by atoms with Gasteiger partial charge in [0.25, 0.3) is 0 Å². The monoisotopic (exact) mass is 255 g/mol. The SMILES string of the molecule is COc1cc(-c2ncc(C#N)cn2)c(OC)cc1C. The van der Waals surface area contributed by atoms with Gasteiger partial charge in [-0.3, -0.25) is 0 Å². The molecule has 0 aliphatic carbocycles. The van der Waals surface area contributed by atoms with Gasteiger partial charge in [0.15, 0.2) is 5.82 Å². The molecule has 0 radical (unpaired) electrons. The van der Waals surface area contributed by atoms with Crippen LogP contribution in [0.5, 0.6) is 11.5 Å². The highest BCUT2D eigenvalue weighted by Crippen LogP contribution is 2.33. The predicted molar refractivity (Wildman–Crippen MR) is 70.0 cm³/mol. The van der Waals surface area contributed by atoms with Crippen LogP contribution in [0.25, 0.3) is 11.4 Å². The number of aryl methyl sites for hydroxylation is 1. The van der Waals surface area contributed by atoms with Crippen LogP contribution in [-0.4, -0.2) is 24.2 Å². The fourth-order valence-electron chi connectivity index (χ4n) is 1.75. The zero-order valence-corrected chi connectivity index (χ0v) is 11.0. The van der Waals surface area contributed by atoms with Crippen molar-refractivity contribution in [3.8, 4) is 29.0 Å². The molecule has 0 unspecified atom stereocenters. The number of ether oxygens (including phenoxy) is 2. The summed E-state index contributed by atoms with van der Waals surface area (Å²) < 4.78 is 10.6. The van der Waals surface area contributed by atoms with Crippen LogP contribution in [-0.2, 0) is 0 Å². The summed E-state index contributed by atoms with van der Waals surface area (Å²) in [6, 6.07) is 5.68. The molecule has 0 saturated carbocycles. The van der Waals surface area contributed by atoms with Crippen molar-refractivity contribution >= 4 is 0 Å². The third-order valence-corrected chi connectivity index (χ3v) is 2.74. The van der Waals surface area contributed by atoms with Crippen molar-refractivity contribution in [3.63, 3.8) is 0 Å². The van der Waals surface area contributed by atoms with E-state index in [-0.39, 0.29) is 0 Å². The fraction of sp³-hybridized carbons (Fsp3) is 0.214. The number of nitrogens with zero attached hydrogens (tertiary/aromatic N) is 3. The summed E-state index contributed by atoms with van der Waals surface area (Å²) in [6.07, 6.45) is 2.96. The first kappa shape index (κ1) is 12.8. The van der Waals surface area contributed by atoms with Crippen molar-refractivity contribution in [2.75, 3.05) is 14.2 Å². The molecule has 0 bridgehead atoms. The van der Waals surface area contributed by atoms with Crippen LogP contribution in [0.4, 0.5) is 0 Å². The summed E-state index contributed by atoms with van der Waals surface area (Å²) in [6.45, 7) is 1.94. The predicted octanol–water partition coefficient (Wildman–Crippen LogP) is 2.34. The van der Waals surface area contributed by atoms with E-state index in [0.717, 1.165) is 16.9 Å². The van der Waals surface area contributed by atoms with E-state index in [0.29, 0.717) is 17.1 Å². The molecule has 0 aliphatic rings. The lowest BCUT2D eigenvalue weighted by atomic mass is 10.1. The average molecular weight is 255 g/mol. The molecule has 5 nitrogen and oxygen atoms in total. The lowest BCUT2D eigenvalue weighted by Gasteiger charge is -2.11. The quantitative estimate of drug-likeness (QED) is 0.842. The Bertz CT molecular complexity index is 630. The molecule has 0 N–H and O–H groups in total. The van der Waals surface area contributed by atoms with E-state index >= 15 is 0 Å². The minimum Gasteiger partial charge on any atom is -0.496 e. The van der Waals surface area contributed by atoms with Crippen LogP contribution < -0.4 is 9.47 Å². The summed E-state index contributed by atoms with van der Waals surface area (Å²) >= 11 is 0. The van der Waals surface area contributed by atoms with Crippen LogP contribution in [0.15, 0.2) is 24.5 Å². The lowest BCUT2D eigenvalue weighted by Crippen LogP contribution is -1.96. The highest BCUT2D eigenvalue weighted by molar-refractivity contribution is 5.67. The molecule has 1 aromatic carbocycles. The van der Waals surface area contributed by atoms with Gasteiger partial charge in [0.1, 0.15) is 17.6 Å². The molecular formula is C14H13N3O2. The smallest absolute Gasteiger partial charge is 0.163 e. The third-order valence-electron chi connectivity index (χ3n) is 2.74. The second kappa shape index (κ2) is 5.36. The van der Waals surface area contributed by atoms with Gasteiger partial charge in [0.05, 0.1) is 25.3 Å². The molecule has 0 atom stereocenters. The highest BCUT2D eigenvalue weighted by Gasteiger charge is 2.12. The van der Waals surface area contributed by atoms with E-state index in [2.05, 4.69) is 9.97 Å². The zero-order chi connectivity index (χ0) is 13.8. The minimum atomic E-state index is 0.418. The van der Waals surface area contributed by atoms with Gasteiger partial charge in [0.2, 0.25) is 0 Å². The zero-order valence-electron chi connectivity index (χ0n) is 11.0. The van der Waals surface area contributed by atoms with Gasteiger partial charge in [-0.1, -0.05) is 0 Å². The van der Waals surface area contributed by atoms with Gasteiger partial charge < -0.3 is 9.47 Å². The normalized spacial score (nSPS) is 9.79. The maximum atomic E-state index is 8.74. The summed E-state index contributed by atoms with van der Waals surface area (Å²) in [7, 11) is 3.20. The minimum absolute atomic E-state index is 0.418. The molecule has 0 fully saturated rings. The van der Waals surface area contributed by atoms with E-state index in [4.69, 9.17) is 14.7 Å². The Morgan fingerprint density at radius 3 is 2.21 bits per heavy atom. The van der Waals surface area contributed by atoms with Crippen molar-refractivity contribution in [2.24, 2.45) is 0 Å². The van der Waals surface area contributed by atoms with E-state index in [1.807, 2.05) is 25.1 Å². The Hall–Kier alpha value is -2.61. The first-order valence-corrected chi connectivity index (χ1v) is 5.64. The van der Waals surface area contributed by atoms with Crippen LogP contribution in [0.2, 0.25) is 0 Å². The van der Waals surface area contributed by atoms with Crippen LogP contribution in [0.1, 0.15) is 11.1 Å². The largest absolute Gasteiger partial charge is 0.496 e. The maximum Gasteiger partial charge on any atom is 0.163 e. The number of hydrogen-bond donors (Lipinski definition) is 0. The molecule has 0 amide bonds. The number of aromatic nitrogens is 2. The molecule has 0 spiro atoms. The van der Waals surface area contributed by atoms with Gasteiger partial charge in [-0.25, -0.2) is 9.97 Å². The first-order valence-electron chi connectivity index (χ1n) is 5.64. The van der Waals surface area contributed by atoms with Crippen molar-refractivity contribution in [3.05, 3.63) is 35.7 Å². The molecule has 0 aliphatic heterocycles. The van der Waals surface area contributed by atoms with Crippen LogP contribution in [0.3, 0.4) is 0 Å². The Labute approximate surface area is 111 Å². The van der Waals surface area contributed by atoms with Crippen molar-refractivity contribution in [1.82, 2.24) is 9.97 Å². The number of rotatable bonds is 3. The first-order chi connectivity index (χ1) is 9.19. The molecule has 2 aromatic rings. The molecular weight excluding hydrogens is 242 g/mol. The maximum absolute atomic E-state index is 8.74. The number of hydrogen-bond acceptors (Lipinski definition) is 5. The second-order valence-electron chi connectivity index (χ2n) is 3.93. The van der Waals surface area contributed by atoms with Crippen molar-refractivity contribution < 1.29 is 9.47 Å². The van der Waals surface area contributed by atoms with Gasteiger partial charge in [0, 0.05) is 12.4 Å². The molecule has 96 valence electrons. The van der Waals surface area contributed by atoms with Gasteiger partial charge in [-0.2, -0.15) is 5.26 Å². The summed E-state index contributed by atoms with van der Waals surface area (Å²) in [4.78, 5) is 8.33. The van der Waals surface area contributed by atoms with Crippen LogP contribution in [0, 0.1) is 18.3 Å². The summed E-state index contributed by atoms with van der Waals surface area (Å²) in [5.74, 6) is 1.90. The van der Waals surface area contributed by atoms with E-state index in [1.54, 1.807) is 14.2 Å². The molecule has 0 saturated heterocycles. The molecule has 19 heavy (non-hydrogen) atoms. The van der Waals surface area contributed by atoms with Crippen LogP contribution >= 0.6 is 0 Å². The number of methoxy groups -OCH3 is 2. The average Bonchev–Trinajstić information content (AvgIpc) is 2.47. The standard InChI is InChI=1S/C14H13N3O2/c1-9-4-13(19-3)11(5-12(9)18-2)14-16-7-10(6-15)8-17-14/h4-5,7-8H,1-3H3. The molecule has 1 heterocycles. The molecule has 5 heteroatoms. The Morgan fingerprint density at radius 2 is 1.68 bits per heavy atom.